The number of aliphatic hydroxyl groups is 3. The average molecular weight is 621 g/mol. The van der Waals surface area contributed by atoms with Crippen LogP contribution in [0.3, 0.4) is 0 Å². The number of carbonyl (C=O) groups is 4. The van der Waals surface area contributed by atoms with Crippen molar-refractivity contribution in [3.8, 4) is 0 Å². The molecule has 0 aromatic rings. The number of hydrogen-bond donors (Lipinski definition) is 3. The second kappa shape index (κ2) is 16.6. The molecule has 248 valence electrons. The molecule has 43 heavy (non-hydrogen) atoms. The van der Waals surface area contributed by atoms with Gasteiger partial charge in [-0.2, -0.15) is 0 Å². The van der Waals surface area contributed by atoms with Crippen LogP contribution in [0.2, 0.25) is 0 Å². The van der Waals surface area contributed by atoms with Crippen LogP contribution in [0.15, 0.2) is 0 Å². The molecule has 3 N–H and O–H groups in total. The average Bonchev–Trinajstić information content (AvgIpc) is 2.93. The molecule has 2 aliphatic heterocycles. The Labute approximate surface area is 252 Å². The van der Waals surface area contributed by atoms with Crippen molar-refractivity contribution in [1.29, 1.82) is 0 Å². The molecule has 0 bridgehead atoms. The summed E-state index contributed by atoms with van der Waals surface area (Å²) in [6.07, 6.45) is -13.5. The summed E-state index contributed by atoms with van der Waals surface area (Å²) in [7, 11) is 0. The number of esters is 4. The Morgan fingerprint density at radius 1 is 0.721 bits per heavy atom. The Balaban J connectivity index is 2.30. The predicted molar refractivity (Wildman–Crippen MR) is 147 cm³/mol. The largest absolute Gasteiger partial charge is 0.463 e. The number of rotatable bonds is 13. The van der Waals surface area contributed by atoms with Crippen molar-refractivity contribution in [2.45, 2.75) is 136 Å². The summed E-state index contributed by atoms with van der Waals surface area (Å²) in [5, 5.41) is 33.2. The third-order valence-corrected chi connectivity index (χ3v) is 6.99. The number of unbranched alkanes of at least 4 members (excludes halogenated alkanes) is 1. The lowest BCUT2D eigenvalue weighted by atomic mass is 9.96. The maximum Gasteiger partial charge on any atom is 0.308 e. The molecule has 0 spiro atoms. The van der Waals surface area contributed by atoms with Gasteiger partial charge in [0.1, 0.15) is 31.0 Å². The molecule has 0 aromatic carbocycles. The molecule has 10 atom stereocenters. The molecular formula is C29H48O14. The van der Waals surface area contributed by atoms with E-state index in [0.29, 0.717) is 6.42 Å². The molecule has 0 saturated carbocycles. The van der Waals surface area contributed by atoms with Crippen LogP contribution < -0.4 is 0 Å². The van der Waals surface area contributed by atoms with Gasteiger partial charge < -0.3 is 48.5 Å². The molecule has 2 fully saturated rings. The first-order valence-corrected chi connectivity index (χ1v) is 14.9. The summed E-state index contributed by atoms with van der Waals surface area (Å²) in [6, 6.07) is 0. The predicted octanol–water partition coefficient (Wildman–Crippen LogP) is 0.992. The number of ether oxygens (including phenoxy) is 7. The summed E-state index contributed by atoms with van der Waals surface area (Å²) >= 11 is 0. The first-order chi connectivity index (χ1) is 20.1. The summed E-state index contributed by atoms with van der Waals surface area (Å²) in [4.78, 5) is 49.4. The lowest BCUT2D eigenvalue weighted by Gasteiger charge is -2.46. The van der Waals surface area contributed by atoms with E-state index >= 15 is 0 Å². The second-order valence-corrected chi connectivity index (χ2v) is 11.8. The van der Waals surface area contributed by atoms with Gasteiger partial charge in [-0.1, -0.05) is 54.9 Å². The maximum atomic E-state index is 12.5. The fourth-order valence-corrected chi connectivity index (χ4v) is 4.29. The van der Waals surface area contributed by atoms with E-state index in [2.05, 4.69) is 0 Å². The van der Waals surface area contributed by atoms with Gasteiger partial charge in [-0.05, 0) is 13.3 Å². The smallest absolute Gasteiger partial charge is 0.308 e. The zero-order valence-corrected chi connectivity index (χ0v) is 26.2. The topological polar surface area (TPSA) is 194 Å². The van der Waals surface area contributed by atoms with Crippen molar-refractivity contribution in [2.24, 2.45) is 17.8 Å². The summed E-state index contributed by atoms with van der Waals surface area (Å²) in [5.41, 5.74) is 0. The highest BCUT2D eigenvalue weighted by atomic mass is 16.7. The van der Waals surface area contributed by atoms with Crippen LogP contribution in [0.1, 0.15) is 74.7 Å². The van der Waals surface area contributed by atoms with E-state index in [1.165, 1.54) is 6.92 Å². The van der Waals surface area contributed by atoms with Crippen LogP contribution in [0, 0.1) is 17.8 Å². The van der Waals surface area contributed by atoms with Gasteiger partial charge in [-0.25, -0.2) is 0 Å². The van der Waals surface area contributed by atoms with E-state index in [0.717, 1.165) is 6.42 Å². The van der Waals surface area contributed by atoms with E-state index in [9.17, 15) is 34.5 Å². The molecule has 2 saturated heterocycles. The molecule has 0 amide bonds. The molecule has 0 unspecified atom stereocenters. The van der Waals surface area contributed by atoms with Crippen LogP contribution in [0.25, 0.3) is 0 Å². The SMILES string of the molecule is CCCCC(=O)O[C@H]1[C@@H](O)[C@H](O[C@@H]2[C@@H](O)[C@H](OC(=O)C(C)C)[C@@H](COC(=O)C(C)C)O[C@H]2O)O[C@@H](C)[C@@H]1OC(=O)C(C)C. The quantitative estimate of drug-likeness (QED) is 0.195. The van der Waals surface area contributed by atoms with Gasteiger partial charge >= 0.3 is 23.9 Å². The summed E-state index contributed by atoms with van der Waals surface area (Å²) in [6.45, 7) is 12.6. The van der Waals surface area contributed by atoms with E-state index in [1.54, 1.807) is 41.5 Å². The molecule has 14 nitrogen and oxygen atoms in total. The van der Waals surface area contributed by atoms with Crippen LogP contribution in [0.5, 0.6) is 0 Å². The molecule has 2 aliphatic rings. The van der Waals surface area contributed by atoms with Crippen molar-refractivity contribution < 1.29 is 67.7 Å². The zero-order valence-electron chi connectivity index (χ0n) is 26.2. The van der Waals surface area contributed by atoms with E-state index in [4.69, 9.17) is 33.2 Å². The van der Waals surface area contributed by atoms with Crippen molar-refractivity contribution in [3.05, 3.63) is 0 Å². The first-order valence-electron chi connectivity index (χ1n) is 14.9. The fraction of sp³-hybridized carbons (Fsp3) is 0.862. The highest BCUT2D eigenvalue weighted by Gasteiger charge is 2.54. The summed E-state index contributed by atoms with van der Waals surface area (Å²) < 4.78 is 38.8. The van der Waals surface area contributed by atoms with Gasteiger partial charge in [0.25, 0.3) is 0 Å². The Morgan fingerprint density at radius 2 is 1.28 bits per heavy atom. The normalized spacial score (nSPS) is 32.9. The standard InChI is InChI=1S/C29H48O14/c1-9-10-11-18(30)40-23-20(32)29(38-16(8)21(23)41-26(34)14(4)5)43-24-19(31)22(42-27(35)15(6)7)17(39-28(24)36)12-37-25(33)13(2)3/h13-17,19-24,28-29,31-32,36H,9-12H2,1-8H3/t16-,17+,19-,20+,21-,22+,23-,24+,28+,29-/m0/s1. The molecule has 0 radical (unpaired) electrons. The van der Waals surface area contributed by atoms with E-state index in [1.807, 2.05) is 6.92 Å². The number of carbonyl (C=O) groups excluding carboxylic acids is 4. The highest BCUT2D eigenvalue weighted by molar-refractivity contribution is 5.73. The second-order valence-electron chi connectivity index (χ2n) is 11.8. The van der Waals surface area contributed by atoms with Crippen LogP contribution in [-0.4, -0.2) is 107 Å². The van der Waals surface area contributed by atoms with Gasteiger partial charge in [0.15, 0.2) is 30.9 Å². The van der Waals surface area contributed by atoms with Crippen molar-refractivity contribution in [2.75, 3.05) is 6.61 Å². The van der Waals surface area contributed by atoms with Gasteiger partial charge in [-0.15, -0.1) is 0 Å². The minimum absolute atomic E-state index is 0.0604. The fourth-order valence-electron chi connectivity index (χ4n) is 4.29. The monoisotopic (exact) mass is 620 g/mol. The summed E-state index contributed by atoms with van der Waals surface area (Å²) in [5.74, 6) is -4.07. The highest BCUT2D eigenvalue weighted by Crippen LogP contribution is 2.32. The Kier molecular flexibility index (Phi) is 14.3. The van der Waals surface area contributed by atoms with Crippen molar-refractivity contribution >= 4 is 23.9 Å². The van der Waals surface area contributed by atoms with Crippen molar-refractivity contribution in [1.82, 2.24) is 0 Å². The molecule has 2 rings (SSSR count). The van der Waals surface area contributed by atoms with E-state index < -0.39 is 110 Å². The number of hydrogen-bond acceptors (Lipinski definition) is 14. The lowest BCUT2D eigenvalue weighted by molar-refractivity contribution is -0.360. The van der Waals surface area contributed by atoms with Gasteiger partial charge in [-0.3, -0.25) is 19.2 Å². The van der Waals surface area contributed by atoms with Crippen LogP contribution >= 0.6 is 0 Å². The Hall–Kier alpha value is -2.36. The minimum atomic E-state index is -1.85. The van der Waals surface area contributed by atoms with E-state index in [-0.39, 0.29) is 6.42 Å². The molecule has 2 heterocycles. The Bertz CT molecular complexity index is 936. The number of aliphatic hydroxyl groups excluding tert-OH is 3. The minimum Gasteiger partial charge on any atom is -0.463 e. The Morgan fingerprint density at radius 3 is 1.81 bits per heavy atom. The van der Waals surface area contributed by atoms with Crippen molar-refractivity contribution in [3.63, 3.8) is 0 Å². The van der Waals surface area contributed by atoms with Gasteiger partial charge in [0.2, 0.25) is 0 Å². The lowest BCUT2D eigenvalue weighted by Crippen LogP contribution is -2.65. The van der Waals surface area contributed by atoms with Gasteiger partial charge in [0.05, 0.1) is 23.9 Å². The zero-order chi connectivity index (χ0) is 32.6. The van der Waals surface area contributed by atoms with Crippen LogP contribution in [0.4, 0.5) is 0 Å². The maximum absolute atomic E-state index is 12.5. The van der Waals surface area contributed by atoms with Gasteiger partial charge in [0, 0.05) is 6.42 Å². The third-order valence-electron chi connectivity index (χ3n) is 6.99. The molecule has 0 aromatic heterocycles. The first kappa shape index (κ1) is 36.8. The molecule has 14 heteroatoms. The molecular weight excluding hydrogens is 572 g/mol. The molecule has 0 aliphatic carbocycles. The van der Waals surface area contributed by atoms with Crippen LogP contribution in [-0.2, 0) is 52.3 Å². The third kappa shape index (κ3) is 10.1.